The van der Waals surface area contributed by atoms with E-state index in [1.807, 2.05) is 0 Å². The third-order valence-electron chi connectivity index (χ3n) is 3.40. The molecule has 0 unspecified atom stereocenters. The highest BCUT2D eigenvalue weighted by Crippen LogP contribution is 2.25. The summed E-state index contributed by atoms with van der Waals surface area (Å²) in [6.07, 6.45) is 2.86. The van der Waals surface area contributed by atoms with Gasteiger partial charge in [0.05, 0.1) is 0 Å². The number of nitrogens with two attached hydrogens (primary N) is 1. The van der Waals surface area contributed by atoms with E-state index in [1.54, 1.807) is 0 Å². The first-order chi connectivity index (χ1) is 9.39. The fraction of sp³-hybridized carbons (Fsp3) is 0.500. The molecule has 1 saturated heterocycles. The van der Waals surface area contributed by atoms with Crippen LogP contribution in [0.5, 0.6) is 0 Å². The van der Waals surface area contributed by atoms with E-state index in [1.165, 1.54) is 22.6 Å². The Hall–Kier alpha value is -1.18. The van der Waals surface area contributed by atoms with Gasteiger partial charge in [-0.05, 0) is 30.9 Å². The first-order valence-corrected chi connectivity index (χ1v) is 8.11. The molecule has 1 aromatic rings. The molecule has 0 spiro atoms. The molecule has 20 heavy (non-hydrogen) atoms. The largest absolute Gasteiger partial charge is 0.370 e. The first kappa shape index (κ1) is 15.2. The van der Waals surface area contributed by atoms with Crippen molar-refractivity contribution >= 4 is 27.5 Å². The highest BCUT2D eigenvalue weighted by molar-refractivity contribution is 7.89. The maximum Gasteiger partial charge on any atom is 0.244 e. The summed E-state index contributed by atoms with van der Waals surface area (Å²) < 4.78 is 26.2. The number of piperidine rings is 1. The molecule has 8 heteroatoms. The van der Waals surface area contributed by atoms with Crippen LogP contribution in [0.25, 0.3) is 0 Å². The van der Waals surface area contributed by atoms with Gasteiger partial charge in [0.25, 0.3) is 0 Å². The summed E-state index contributed by atoms with van der Waals surface area (Å²) in [7, 11) is -3.53. The van der Waals surface area contributed by atoms with Crippen LogP contribution < -0.4 is 5.73 Å². The van der Waals surface area contributed by atoms with Crippen molar-refractivity contribution in [3.63, 3.8) is 0 Å². The molecular formula is C12H16ClN3O3S. The van der Waals surface area contributed by atoms with Crippen molar-refractivity contribution in [3.8, 4) is 0 Å². The van der Waals surface area contributed by atoms with Crippen LogP contribution in [-0.4, -0.2) is 36.7 Å². The van der Waals surface area contributed by atoms with E-state index in [9.17, 15) is 13.2 Å². The minimum absolute atomic E-state index is 0.134. The summed E-state index contributed by atoms with van der Waals surface area (Å²) >= 11 is 5.65. The molecule has 0 atom stereocenters. The quantitative estimate of drug-likeness (QED) is 0.839. The number of nitrogens with zero attached hydrogens (tertiary/aromatic N) is 2. The number of rotatable bonds is 4. The monoisotopic (exact) mass is 317 g/mol. The Bertz CT molecular complexity index is 580. The van der Waals surface area contributed by atoms with Crippen LogP contribution in [0.15, 0.2) is 23.2 Å². The number of aromatic nitrogens is 1. The average molecular weight is 318 g/mol. The number of primary amides is 1. The van der Waals surface area contributed by atoms with E-state index in [0.29, 0.717) is 32.4 Å². The normalized spacial score (nSPS) is 18.1. The van der Waals surface area contributed by atoms with Gasteiger partial charge >= 0.3 is 0 Å². The van der Waals surface area contributed by atoms with Gasteiger partial charge in [-0.3, -0.25) is 4.79 Å². The lowest BCUT2D eigenvalue weighted by Gasteiger charge is -2.30. The number of pyridine rings is 1. The van der Waals surface area contributed by atoms with E-state index in [4.69, 9.17) is 17.3 Å². The summed E-state index contributed by atoms with van der Waals surface area (Å²) in [5, 5.41) is 0.254. The number of amides is 1. The summed E-state index contributed by atoms with van der Waals surface area (Å²) in [4.78, 5) is 14.8. The molecule has 1 fully saturated rings. The number of halogens is 1. The summed E-state index contributed by atoms with van der Waals surface area (Å²) in [5.41, 5.74) is 5.16. The minimum Gasteiger partial charge on any atom is -0.370 e. The summed E-state index contributed by atoms with van der Waals surface area (Å²) in [5.74, 6) is -0.171. The number of sulfonamides is 1. The molecule has 1 aromatic heterocycles. The Kier molecular flexibility index (Phi) is 4.62. The van der Waals surface area contributed by atoms with Crippen LogP contribution in [0.1, 0.15) is 19.3 Å². The lowest BCUT2D eigenvalue weighted by molar-refractivity contribution is -0.119. The summed E-state index contributed by atoms with van der Waals surface area (Å²) in [6.45, 7) is 0.784. The van der Waals surface area contributed by atoms with Crippen molar-refractivity contribution in [2.75, 3.05) is 13.1 Å². The second kappa shape index (κ2) is 6.07. The second-order valence-corrected chi connectivity index (χ2v) is 7.16. The van der Waals surface area contributed by atoms with Crippen LogP contribution in [0.3, 0.4) is 0 Å². The molecule has 6 nitrogen and oxygen atoms in total. The molecule has 1 amide bonds. The van der Waals surface area contributed by atoms with Gasteiger partial charge in [0.2, 0.25) is 15.9 Å². The molecule has 2 rings (SSSR count). The predicted octanol–water partition coefficient (Wildman–Crippen LogP) is 1.01. The molecule has 1 aliphatic rings. The fourth-order valence-electron chi connectivity index (χ4n) is 2.30. The van der Waals surface area contributed by atoms with Crippen LogP contribution in [-0.2, 0) is 14.8 Å². The Morgan fingerprint density at radius 2 is 2.05 bits per heavy atom. The van der Waals surface area contributed by atoms with Crippen LogP contribution in [0.4, 0.5) is 0 Å². The molecule has 0 aliphatic carbocycles. The lowest BCUT2D eigenvalue weighted by Crippen LogP contribution is -2.39. The molecule has 1 aliphatic heterocycles. The van der Waals surface area contributed by atoms with Crippen molar-refractivity contribution in [2.24, 2.45) is 11.7 Å². The first-order valence-electron chi connectivity index (χ1n) is 6.29. The summed E-state index contributed by atoms with van der Waals surface area (Å²) in [6, 6.07) is 2.90. The Labute approximate surface area is 123 Å². The predicted molar refractivity (Wildman–Crippen MR) is 74.5 cm³/mol. The third-order valence-corrected chi connectivity index (χ3v) is 5.51. The van der Waals surface area contributed by atoms with E-state index in [0.717, 1.165) is 0 Å². The smallest absolute Gasteiger partial charge is 0.244 e. The van der Waals surface area contributed by atoms with E-state index in [-0.39, 0.29) is 21.9 Å². The molecule has 2 heterocycles. The van der Waals surface area contributed by atoms with E-state index < -0.39 is 10.0 Å². The zero-order valence-electron chi connectivity index (χ0n) is 10.8. The van der Waals surface area contributed by atoms with Gasteiger partial charge in [-0.2, -0.15) is 4.31 Å². The zero-order valence-corrected chi connectivity index (χ0v) is 12.4. The fourth-order valence-corrected chi connectivity index (χ4v) is 3.83. The standard InChI is InChI=1S/C12H16ClN3O3S/c13-11-2-1-10(8-15-11)20(18,19)16-5-3-9(4-6-16)7-12(14)17/h1-2,8-9H,3-7H2,(H2,14,17). The van der Waals surface area contributed by atoms with Crippen molar-refractivity contribution in [2.45, 2.75) is 24.2 Å². The molecule has 0 saturated carbocycles. The number of carbonyl (C=O) groups is 1. The topological polar surface area (TPSA) is 93.4 Å². The maximum atomic E-state index is 12.4. The number of hydrogen-bond acceptors (Lipinski definition) is 4. The van der Waals surface area contributed by atoms with Gasteiger partial charge in [0.1, 0.15) is 10.0 Å². The molecule has 0 aromatic carbocycles. The van der Waals surface area contributed by atoms with Crippen LogP contribution in [0.2, 0.25) is 5.15 Å². The number of hydrogen-bond donors (Lipinski definition) is 1. The second-order valence-electron chi connectivity index (χ2n) is 4.83. The number of carbonyl (C=O) groups excluding carboxylic acids is 1. The molecule has 0 radical (unpaired) electrons. The third kappa shape index (κ3) is 3.47. The van der Waals surface area contributed by atoms with Gasteiger partial charge in [0, 0.05) is 25.7 Å². The van der Waals surface area contributed by atoms with E-state index in [2.05, 4.69) is 4.98 Å². The lowest BCUT2D eigenvalue weighted by atomic mass is 9.94. The zero-order chi connectivity index (χ0) is 14.8. The molecule has 110 valence electrons. The van der Waals surface area contributed by atoms with Gasteiger partial charge < -0.3 is 5.73 Å². The maximum absolute atomic E-state index is 12.4. The van der Waals surface area contributed by atoms with Crippen LogP contribution >= 0.6 is 11.6 Å². The molecular weight excluding hydrogens is 302 g/mol. The van der Waals surface area contributed by atoms with Crippen molar-refractivity contribution < 1.29 is 13.2 Å². The Morgan fingerprint density at radius 1 is 1.40 bits per heavy atom. The van der Waals surface area contributed by atoms with Crippen molar-refractivity contribution in [1.82, 2.24) is 9.29 Å². The van der Waals surface area contributed by atoms with Gasteiger partial charge in [-0.15, -0.1) is 0 Å². The van der Waals surface area contributed by atoms with Gasteiger partial charge in [0.15, 0.2) is 0 Å². The van der Waals surface area contributed by atoms with Crippen molar-refractivity contribution in [1.29, 1.82) is 0 Å². The minimum atomic E-state index is -3.53. The van der Waals surface area contributed by atoms with Gasteiger partial charge in [-0.1, -0.05) is 11.6 Å². The van der Waals surface area contributed by atoms with Crippen LogP contribution in [0, 0.1) is 5.92 Å². The highest BCUT2D eigenvalue weighted by Gasteiger charge is 2.30. The molecule has 2 N–H and O–H groups in total. The Balaban J connectivity index is 2.05. The highest BCUT2D eigenvalue weighted by atomic mass is 35.5. The SMILES string of the molecule is NC(=O)CC1CCN(S(=O)(=O)c2ccc(Cl)nc2)CC1. The van der Waals surface area contributed by atoms with E-state index >= 15 is 0 Å². The average Bonchev–Trinajstić information content (AvgIpc) is 2.39. The molecule has 0 bridgehead atoms. The Morgan fingerprint density at radius 3 is 2.55 bits per heavy atom. The van der Waals surface area contributed by atoms with Gasteiger partial charge in [-0.25, -0.2) is 13.4 Å². The van der Waals surface area contributed by atoms with Crippen molar-refractivity contribution in [3.05, 3.63) is 23.5 Å².